The van der Waals surface area contributed by atoms with Gasteiger partial charge in [0.2, 0.25) is 0 Å². The fourth-order valence-corrected chi connectivity index (χ4v) is 0.308. The summed E-state index contributed by atoms with van der Waals surface area (Å²) in [5.74, 6) is 4.95. The predicted molar refractivity (Wildman–Crippen MR) is 42.0 cm³/mol. The molecule has 0 aromatic heterocycles. The van der Waals surface area contributed by atoms with E-state index in [4.69, 9.17) is 11.6 Å². The summed E-state index contributed by atoms with van der Waals surface area (Å²) in [5.41, 5.74) is 11.0. The van der Waals surface area contributed by atoms with E-state index in [-0.39, 0.29) is 0 Å². The van der Waals surface area contributed by atoms with E-state index in [0.29, 0.717) is 5.01 Å². The molecule has 0 rings (SSSR count). The van der Waals surface area contributed by atoms with Crippen LogP contribution in [0.2, 0.25) is 0 Å². The van der Waals surface area contributed by atoms with Crippen molar-refractivity contribution in [3.63, 3.8) is 0 Å². The Kier molecular flexibility index (Phi) is 3.73. The summed E-state index contributed by atoms with van der Waals surface area (Å²) in [7, 11) is 0. The first-order valence-electron chi connectivity index (χ1n) is 2.55. The minimum atomic E-state index is -1.14. The Morgan fingerprint density at radius 3 is 2.25 bits per heavy atom. The summed E-state index contributed by atoms with van der Waals surface area (Å²) in [5, 5.41) is -0.0723. The lowest BCUT2D eigenvalue weighted by Crippen LogP contribution is -2.48. The minimum Gasteiger partial charge on any atom is -0.375 e. The van der Waals surface area contributed by atoms with Gasteiger partial charge in [0, 0.05) is 0 Å². The zero-order valence-electron chi connectivity index (χ0n) is 5.81. The highest BCUT2D eigenvalue weighted by Gasteiger charge is 2.13. The average molecular weight is 193 g/mol. The van der Waals surface area contributed by atoms with Crippen LogP contribution in [0.5, 0.6) is 0 Å². The lowest BCUT2D eigenvalue weighted by atomic mass is 10.9. The maximum Gasteiger partial charge on any atom is 0.455 e. The third-order valence-corrected chi connectivity index (χ3v) is 0.870. The van der Waals surface area contributed by atoms with Crippen molar-refractivity contribution in [1.82, 2.24) is 10.5 Å². The monoisotopic (exact) mass is 193 g/mol. The highest BCUT2D eigenvalue weighted by atomic mass is 32.1. The molecule has 0 saturated carbocycles. The Hall–Kier alpha value is -1.61. The summed E-state index contributed by atoms with van der Waals surface area (Å²) in [4.78, 5) is 24.6. The van der Waals surface area contributed by atoms with Gasteiger partial charge in [-0.1, -0.05) is 0 Å². The van der Waals surface area contributed by atoms with E-state index in [9.17, 15) is 9.59 Å². The Morgan fingerprint density at radius 2 is 1.92 bits per heavy atom. The van der Waals surface area contributed by atoms with Crippen molar-refractivity contribution in [2.24, 2.45) is 17.3 Å². The van der Waals surface area contributed by atoms with Crippen LogP contribution >= 0.6 is 12.2 Å². The van der Waals surface area contributed by atoms with Gasteiger partial charge in [0.25, 0.3) is 0 Å². The fourth-order valence-electron chi connectivity index (χ4n) is 0.233. The summed E-state index contributed by atoms with van der Waals surface area (Å²) in [6, 6.07) is -1.04. The fraction of sp³-hybridized carbons (Fsp3) is 0. The number of carbonyl (C=O) groups excluding carboxylic acids is 2. The van der Waals surface area contributed by atoms with Gasteiger partial charge in [-0.25, -0.2) is 15.4 Å². The lowest BCUT2D eigenvalue weighted by Gasteiger charge is -2.12. The van der Waals surface area contributed by atoms with Crippen LogP contribution in [0.15, 0.2) is 0 Å². The first-order valence-corrected chi connectivity index (χ1v) is 2.96. The van der Waals surface area contributed by atoms with Crippen molar-refractivity contribution in [2.45, 2.75) is 0 Å². The van der Waals surface area contributed by atoms with Crippen LogP contribution in [0.3, 0.4) is 0 Å². The topological polar surface area (TPSA) is 137 Å². The normalized spacial score (nSPS) is 8.42. The van der Waals surface area contributed by atoms with Crippen molar-refractivity contribution in [3.05, 3.63) is 0 Å². The SMILES string of the molecule is NC(=O)NOC(=O)N(N)C(N)=S. The minimum absolute atomic E-state index is 0.325. The van der Waals surface area contributed by atoms with E-state index in [0.717, 1.165) is 0 Å². The highest BCUT2D eigenvalue weighted by molar-refractivity contribution is 7.80. The van der Waals surface area contributed by atoms with Crippen molar-refractivity contribution >= 4 is 29.5 Å². The second-order valence-corrected chi connectivity index (χ2v) is 1.96. The zero-order valence-corrected chi connectivity index (χ0v) is 6.63. The quantitative estimate of drug-likeness (QED) is 0.154. The molecule has 0 aliphatic heterocycles. The van der Waals surface area contributed by atoms with E-state index in [1.54, 1.807) is 0 Å². The van der Waals surface area contributed by atoms with Crippen LogP contribution in [0, 0.1) is 0 Å². The molecule has 0 aromatic carbocycles. The molecule has 0 unspecified atom stereocenters. The zero-order chi connectivity index (χ0) is 9.72. The number of nitrogens with two attached hydrogens (primary N) is 3. The second-order valence-electron chi connectivity index (χ2n) is 1.54. The number of hydroxylamine groups is 1. The van der Waals surface area contributed by atoms with Gasteiger partial charge in [0.05, 0.1) is 0 Å². The average Bonchev–Trinajstić information content (AvgIpc) is 1.98. The summed E-state index contributed by atoms with van der Waals surface area (Å²) >= 11 is 4.31. The maximum atomic E-state index is 10.6. The molecule has 0 spiro atoms. The van der Waals surface area contributed by atoms with E-state index in [2.05, 4.69) is 22.8 Å². The lowest BCUT2D eigenvalue weighted by molar-refractivity contribution is 0.0841. The molecule has 0 bridgehead atoms. The van der Waals surface area contributed by atoms with Crippen molar-refractivity contribution in [1.29, 1.82) is 0 Å². The number of primary amides is 1. The third kappa shape index (κ3) is 3.53. The molecule has 0 aliphatic rings. The van der Waals surface area contributed by atoms with Crippen LogP contribution in [-0.4, -0.2) is 22.2 Å². The largest absolute Gasteiger partial charge is 0.455 e. The smallest absolute Gasteiger partial charge is 0.375 e. The molecule has 0 atom stereocenters. The third-order valence-electron chi connectivity index (χ3n) is 0.673. The molecule has 0 aliphatic carbocycles. The number of hydrazine groups is 1. The number of carbonyl (C=O) groups is 2. The molecule has 8 nitrogen and oxygen atoms in total. The van der Waals surface area contributed by atoms with Gasteiger partial charge < -0.3 is 16.3 Å². The summed E-state index contributed by atoms with van der Waals surface area (Å²) in [6.45, 7) is 0. The van der Waals surface area contributed by atoms with Gasteiger partial charge >= 0.3 is 12.1 Å². The molecule has 68 valence electrons. The molecule has 7 N–H and O–H groups in total. The van der Waals surface area contributed by atoms with Gasteiger partial charge in [-0.2, -0.15) is 10.5 Å². The Balaban J connectivity index is 3.88. The number of amides is 3. The number of nitrogens with zero attached hydrogens (tertiary/aromatic N) is 1. The molecule has 0 fully saturated rings. The van der Waals surface area contributed by atoms with Gasteiger partial charge in [0.15, 0.2) is 5.11 Å². The first kappa shape index (κ1) is 10.4. The standard InChI is InChI=1S/C3H7N5O3S/c4-1(9)7-11-3(10)8(6)2(5)12/h6H2,(H2,5,12)(H3,4,7,9). The number of rotatable bonds is 0. The number of hydrogen-bond acceptors (Lipinski definition) is 5. The predicted octanol–water partition coefficient (Wildman–Crippen LogP) is -1.87. The van der Waals surface area contributed by atoms with Crippen molar-refractivity contribution < 1.29 is 14.4 Å². The van der Waals surface area contributed by atoms with E-state index in [1.807, 2.05) is 0 Å². The number of urea groups is 1. The Bertz CT molecular complexity index is 218. The molecule has 3 amide bonds. The molecule has 0 heterocycles. The first-order chi connectivity index (χ1) is 5.45. The van der Waals surface area contributed by atoms with Crippen LogP contribution < -0.4 is 22.8 Å². The van der Waals surface area contributed by atoms with Gasteiger partial charge in [-0.15, -0.1) is 0 Å². The van der Waals surface area contributed by atoms with Crippen LogP contribution in [-0.2, 0) is 4.84 Å². The second kappa shape index (κ2) is 4.31. The van der Waals surface area contributed by atoms with Crippen LogP contribution in [0.25, 0.3) is 0 Å². The Labute approximate surface area is 72.5 Å². The van der Waals surface area contributed by atoms with E-state index < -0.39 is 17.2 Å². The van der Waals surface area contributed by atoms with Gasteiger partial charge in [0.1, 0.15) is 0 Å². The van der Waals surface area contributed by atoms with Crippen LogP contribution in [0.4, 0.5) is 9.59 Å². The maximum absolute atomic E-state index is 10.6. The highest BCUT2D eigenvalue weighted by Crippen LogP contribution is 1.83. The molecule has 0 saturated heterocycles. The Morgan fingerprint density at radius 1 is 1.42 bits per heavy atom. The van der Waals surface area contributed by atoms with Crippen molar-refractivity contribution in [3.8, 4) is 0 Å². The molecule has 9 heteroatoms. The molecule has 0 radical (unpaired) electrons. The number of hydrogen-bond donors (Lipinski definition) is 4. The van der Waals surface area contributed by atoms with E-state index >= 15 is 0 Å². The molecule has 12 heavy (non-hydrogen) atoms. The number of nitrogens with one attached hydrogen (secondary N) is 1. The molecule has 0 aromatic rings. The van der Waals surface area contributed by atoms with Crippen molar-refractivity contribution in [2.75, 3.05) is 0 Å². The summed E-state index contributed by atoms with van der Waals surface area (Å²) < 4.78 is 0. The number of thiocarbonyl (C=S) groups is 1. The van der Waals surface area contributed by atoms with E-state index in [1.165, 1.54) is 5.48 Å². The van der Waals surface area contributed by atoms with Gasteiger partial charge in [-0.05, 0) is 12.2 Å². The molecular weight excluding hydrogens is 186 g/mol. The molecular formula is C3H7N5O3S. The van der Waals surface area contributed by atoms with Gasteiger partial charge in [-0.3, -0.25) is 0 Å². The summed E-state index contributed by atoms with van der Waals surface area (Å²) in [6.07, 6.45) is -1.14. The van der Waals surface area contributed by atoms with Crippen LogP contribution in [0.1, 0.15) is 0 Å².